The van der Waals surface area contributed by atoms with Crippen molar-refractivity contribution in [3.8, 4) is 5.75 Å². The average Bonchev–Trinajstić information content (AvgIpc) is 2.74. The zero-order valence-electron chi connectivity index (χ0n) is 18.5. The van der Waals surface area contributed by atoms with E-state index in [4.69, 9.17) is 12.2 Å². The van der Waals surface area contributed by atoms with E-state index in [9.17, 15) is 20.0 Å². The number of thiocarbonyl (C=S) groups is 1. The SMILES string of the molecule is CC(C)(C)c1ccc(O)c(NC(=S)NC(=O)c2ccc(N3CCCCC3)c([N+](=O)[O-])c2)c1. The number of anilines is 2. The normalized spacial score (nSPS) is 14.0. The van der Waals surface area contributed by atoms with E-state index in [1.54, 1.807) is 24.3 Å². The summed E-state index contributed by atoms with van der Waals surface area (Å²) >= 11 is 5.22. The molecule has 0 atom stereocenters. The van der Waals surface area contributed by atoms with Gasteiger partial charge in [-0.2, -0.15) is 0 Å². The minimum absolute atomic E-state index is 0.00359. The molecule has 1 aliphatic rings. The van der Waals surface area contributed by atoms with Gasteiger partial charge in [0.25, 0.3) is 11.6 Å². The third-order valence-corrected chi connectivity index (χ3v) is 5.67. The molecule has 1 heterocycles. The summed E-state index contributed by atoms with van der Waals surface area (Å²) in [5, 5.41) is 27.1. The fraction of sp³-hybridized carbons (Fsp3) is 0.391. The predicted octanol–water partition coefficient (Wildman–Crippen LogP) is 4.72. The molecule has 2 aromatic rings. The highest BCUT2D eigenvalue weighted by atomic mass is 32.1. The van der Waals surface area contributed by atoms with Crippen LogP contribution in [0.4, 0.5) is 17.1 Å². The van der Waals surface area contributed by atoms with Crippen LogP contribution in [0.1, 0.15) is 56.0 Å². The predicted molar refractivity (Wildman–Crippen MR) is 130 cm³/mol. The van der Waals surface area contributed by atoms with Gasteiger partial charge in [0.15, 0.2) is 5.11 Å². The van der Waals surface area contributed by atoms with Gasteiger partial charge in [-0.05, 0) is 66.7 Å². The van der Waals surface area contributed by atoms with E-state index in [0.29, 0.717) is 11.4 Å². The van der Waals surface area contributed by atoms with Gasteiger partial charge in [0, 0.05) is 24.7 Å². The number of hydrogen-bond donors (Lipinski definition) is 3. The van der Waals surface area contributed by atoms with Crippen molar-refractivity contribution in [1.29, 1.82) is 0 Å². The maximum Gasteiger partial charge on any atom is 0.293 e. The Balaban J connectivity index is 1.75. The van der Waals surface area contributed by atoms with Gasteiger partial charge < -0.3 is 15.3 Å². The Kier molecular flexibility index (Phi) is 6.98. The maximum absolute atomic E-state index is 12.7. The lowest BCUT2D eigenvalue weighted by Gasteiger charge is -2.28. The lowest BCUT2D eigenvalue weighted by molar-refractivity contribution is -0.384. The number of nitrogens with zero attached hydrogens (tertiary/aromatic N) is 2. The second-order valence-electron chi connectivity index (χ2n) is 8.90. The Morgan fingerprint density at radius 1 is 1.12 bits per heavy atom. The van der Waals surface area contributed by atoms with Crippen molar-refractivity contribution in [3.63, 3.8) is 0 Å². The van der Waals surface area contributed by atoms with Gasteiger partial charge in [0.1, 0.15) is 11.4 Å². The molecule has 0 radical (unpaired) electrons. The molecular formula is C23H28N4O4S. The largest absolute Gasteiger partial charge is 0.506 e. The van der Waals surface area contributed by atoms with Crippen LogP contribution >= 0.6 is 12.2 Å². The highest BCUT2D eigenvalue weighted by molar-refractivity contribution is 7.80. The van der Waals surface area contributed by atoms with Crippen molar-refractivity contribution >= 4 is 40.3 Å². The van der Waals surface area contributed by atoms with Crippen LogP contribution in [0.15, 0.2) is 36.4 Å². The van der Waals surface area contributed by atoms with E-state index in [-0.39, 0.29) is 27.5 Å². The third kappa shape index (κ3) is 5.53. The number of phenolic OH excluding ortho intramolecular Hbond substituents is 1. The lowest BCUT2D eigenvalue weighted by atomic mass is 9.87. The summed E-state index contributed by atoms with van der Waals surface area (Å²) in [6.45, 7) is 7.66. The summed E-state index contributed by atoms with van der Waals surface area (Å²) in [7, 11) is 0. The lowest BCUT2D eigenvalue weighted by Crippen LogP contribution is -2.34. The number of carbonyl (C=O) groups is 1. The Labute approximate surface area is 192 Å². The molecule has 1 fully saturated rings. The van der Waals surface area contributed by atoms with Crippen LogP contribution in [0, 0.1) is 10.1 Å². The van der Waals surface area contributed by atoms with Crippen LogP contribution in [-0.2, 0) is 5.41 Å². The maximum atomic E-state index is 12.7. The van der Waals surface area contributed by atoms with Gasteiger partial charge in [-0.3, -0.25) is 20.2 Å². The van der Waals surface area contributed by atoms with Crippen molar-refractivity contribution < 1.29 is 14.8 Å². The topological polar surface area (TPSA) is 108 Å². The number of phenols is 1. The van der Waals surface area contributed by atoms with Gasteiger partial charge >= 0.3 is 0 Å². The van der Waals surface area contributed by atoms with E-state index >= 15 is 0 Å². The van der Waals surface area contributed by atoms with Crippen molar-refractivity contribution in [3.05, 3.63) is 57.6 Å². The van der Waals surface area contributed by atoms with Gasteiger partial charge in [-0.1, -0.05) is 26.8 Å². The second kappa shape index (κ2) is 9.52. The summed E-state index contributed by atoms with van der Waals surface area (Å²) in [6.07, 6.45) is 3.09. The molecule has 0 saturated carbocycles. The van der Waals surface area contributed by atoms with Gasteiger partial charge in [-0.25, -0.2) is 0 Å². The van der Waals surface area contributed by atoms with E-state index < -0.39 is 10.8 Å². The summed E-state index contributed by atoms with van der Waals surface area (Å²) < 4.78 is 0. The zero-order valence-corrected chi connectivity index (χ0v) is 19.3. The first kappa shape index (κ1) is 23.5. The number of piperidine rings is 1. The molecule has 9 heteroatoms. The molecule has 0 unspecified atom stereocenters. The van der Waals surface area contributed by atoms with Crippen LogP contribution in [0.3, 0.4) is 0 Å². The molecule has 0 bridgehead atoms. The number of nitrogens with one attached hydrogen (secondary N) is 2. The smallest absolute Gasteiger partial charge is 0.293 e. The van der Waals surface area contributed by atoms with E-state index in [1.165, 1.54) is 6.07 Å². The molecule has 3 rings (SSSR count). The van der Waals surface area contributed by atoms with E-state index in [2.05, 4.69) is 10.6 Å². The molecule has 32 heavy (non-hydrogen) atoms. The molecule has 0 aromatic heterocycles. The van der Waals surface area contributed by atoms with Crippen LogP contribution in [0.5, 0.6) is 5.75 Å². The first-order chi connectivity index (χ1) is 15.1. The molecule has 170 valence electrons. The Morgan fingerprint density at radius 2 is 1.81 bits per heavy atom. The standard InChI is InChI=1S/C23H28N4O4S/c1-23(2,3)16-8-10-20(28)17(14-16)24-22(32)25-21(29)15-7-9-18(19(13-15)27(30)31)26-11-5-4-6-12-26/h7-10,13-14,28H,4-6,11-12H2,1-3H3,(H2,24,25,29,32). The number of benzene rings is 2. The minimum Gasteiger partial charge on any atom is -0.506 e. The molecule has 1 aliphatic heterocycles. The van der Waals surface area contributed by atoms with Crippen molar-refractivity contribution in [2.45, 2.75) is 45.4 Å². The van der Waals surface area contributed by atoms with Gasteiger partial charge in [0.2, 0.25) is 0 Å². The number of amides is 1. The second-order valence-corrected chi connectivity index (χ2v) is 9.31. The number of rotatable bonds is 4. The first-order valence-electron chi connectivity index (χ1n) is 10.6. The highest BCUT2D eigenvalue weighted by Gasteiger charge is 2.23. The molecule has 3 N–H and O–H groups in total. The molecule has 1 saturated heterocycles. The molecule has 2 aromatic carbocycles. The number of nitro benzene ring substituents is 1. The fourth-order valence-electron chi connectivity index (χ4n) is 3.64. The van der Waals surface area contributed by atoms with Crippen LogP contribution in [0.2, 0.25) is 0 Å². The Morgan fingerprint density at radius 3 is 2.44 bits per heavy atom. The van der Waals surface area contributed by atoms with Crippen LogP contribution in [0.25, 0.3) is 0 Å². The zero-order chi connectivity index (χ0) is 23.5. The van der Waals surface area contributed by atoms with Crippen molar-refractivity contribution in [2.24, 2.45) is 0 Å². The fourth-order valence-corrected chi connectivity index (χ4v) is 3.85. The molecule has 0 spiro atoms. The van der Waals surface area contributed by atoms with Crippen molar-refractivity contribution in [1.82, 2.24) is 5.32 Å². The van der Waals surface area contributed by atoms with Gasteiger partial charge in [-0.15, -0.1) is 0 Å². The number of hydrogen-bond acceptors (Lipinski definition) is 6. The Bertz CT molecular complexity index is 1040. The summed E-state index contributed by atoms with van der Waals surface area (Å²) in [5.74, 6) is -0.571. The highest BCUT2D eigenvalue weighted by Crippen LogP contribution is 2.32. The van der Waals surface area contributed by atoms with Crippen LogP contribution in [-0.4, -0.2) is 34.1 Å². The van der Waals surface area contributed by atoms with Gasteiger partial charge in [0.05, 0.1) is 10.6 Å². The number of nitro groups is 1. The number of carbonyl (C=O) groups excluding carboxylic acids is 1. The van der Waals surface area contributed by atoms with Crippen molar-refractivity contribution in [2.75, 3.05) is 23.3 Å². The summed E-state index contributed by atoms with van der Waals surface area (Å²) in [4.78, 5) is 25.8. The molecule has 1 amide bonds. The monoisotopic (exact) mass is 456 g/mol. The average molecular weight is 457 g/mol. The molecule has 8 nitrogen and oxygen atoms in total. The Hall–Kier alpha value is -3.20. The third-order valence-electron chi connectivity index (χ3n) is 5.47. The summed E-state index contributed by atoms with van der Waals surface area (Å²) in [5.41, 5.74) is 1.77. The van der Waals surface area contributed by atoms with Crippen LogP contribution < -0.4 is 15.5 Å². The van der Waals surface area contributed by atoms with E-state index in [0.717, 1.165) is 37.9 Å². The minimum atomic E-state index is -0.567. The quantitative estimate of drug-likeness (QED) is 0.264. The first-order valence-corrected chi connectivity index (χ1v) is 11.0. The molecule has 0 aliphatic carbocycles. The number of aromatic hydroxyl groups is 1. The summed E-state index contributed by atoms with van der Waals surface area (Å²) in [6, 6.07) is 9.62. The van der Waals surface area contributed by atoms with E-state index in [1.807, 2.05) is 31.7 Å². The molecular weight excluding hydrogens is 428 g/mol.